The summed E-state index contributed by atoms with van der Waals surface area (Å²) in [4.78, 5) is 34.3. The fourth-order valence-electron chi connectivity index (χ4n) is 2.69. The van der Waals surface area contributed by atoms with Gasteiger partial charge in [0.05, 0.1) is 11.8 Å². The lowest BCUT2D eigenvalue weighted by Gasteiger charge is -2.08. The second-order valence-corrected chi connectivity index (χ2v) is 5.87. The van der Waals surface area contributed by atoms with Gasteiger partial charge in [0.1, 0.15) is 0 Å². The molecule has 21 heavy (non-hydrogen) atoms. The van der Waals surface area contributed by atoms with Gasteiger partial charge in [-0.3, -0.25) is 14.4 Å². The molecule has 0 aliphatic heterocycles. The molecule has 0 radical (unpaired) electrons. The zero-order chi connectivity index (χ0) is 15.8. The molecular weight excluding hydrogens is 272 g/mol. The van der Waals surface area contributed by atoms with Crippen molar-refractivity contribution in [2.45, 2.75) is 20.8 Å². The zero-order valence-corrected chi connectivity index (χ0v) is 12.1. The molecule has 6 nitrogen and oxygen atoms in total. The molecule has 1 aliphatic rings. The number of carboxylic acid groups (broad SMARTS) is 1. The molecule has 1 saturated carbocycles. The predicted molar refractivity (Wildman–Crippen MR) is 77.8 cm³/mol. The van der Waals surface area contributed by atoms with Crippen molar-refractivity contribution in [3.8, 4) is 0 Å². The second-order valence-electron chi connectivity index (χ2n) is 5.87. The second kappa shape index (κ2) is 5.20. The number of benzene rings is 1. The standard InChI is InChI=1S/C15H18N2O4/c1-8(18)16-9-5-4-6-10(7-9)17-13(19)11-12(14(20)21)15(11,2)3/h4-7,11-12H,1-3H3,(H,16,18)(H,17,19)(H,20,21)/t11-,12-/m1/s1. The summed E-state index contributed by atoms with van der Waals surface area (Å²) in [5, 5.41) is 14.4. The Morgan fingerprint density at radius 3 is 2.14 bits per heavy atom. The minimum Gasteiger partial charge on any atom is -0.481 e. The van der Waals surface area contributed by atoms with Gasteiger partial charge in [0.25, 0.3) is 0 Å². The number of carboxylic acids is 1. The summed E-state index contributed by atoms with van der Waals surface area (Å²) in [7, 11) is 0. The highest BCUT2D eigenvalue weighted by Crippen LogP contribution is 2.58. The maximum Gasteiger partial charge on any atom is 0.307 e. The van der Waals surface area contributed by atoms with Gasteiger partial charge in [0, 0.05) is 18.3 Å². The van der Waals surface area contributed by atoms with Crippen molar-refractivity contribution in [2.75, 3.05) is 10.6 Å². The summed E-state index contributed by atoms with van der Waals surface area (Å²) in [5.41, 5.74) is 0.564. The van der Waals surface area contributed by atoms with Crippen molar-refractivity contribution in [1.82, 2.24) is 0 Å². The molecule has 3 N–H and O–H groups in total. The lowest BCUT2D eigenvalue weighted by Crippen LogP contribution is -2.18. The molecule has 6 heteroatoms. The zero-order valence-electron chi connectivity index (χ0n) is 12.1. The molecular formula is C15H18N2O4. The molecule has 0 aromatic heterocycles. The quantitative estimate of drug-likeness (QED) is 0.789. The van der Waals surface area contributed by atoms with Gasteiger partial charge in [-0.25, -0.2) is 0 Å². The molecule has 112 valence electrons. The Kier molecular flexibility index (Phi) is 3.72. The molecule has 0 heterocycles. The topological polar surface area (TPSA) is 95.5 Å². The first kappa shape index (κ1) is 15.0. The van der Waals surface area contributed by atoms with Gasteiger partial charge >= 0.3 is 5.97 Å². The normalized spacial score (nSPS) is 22.2. The highest BCUT2D eigenvalue weighted by molar-refractivity contribution is 6.00. The van der Waals surface area contributed by atoms with E-state index < -0.39 is 23.2 Å². The van der Waals surface area contributed by atoms with Crippen molar-refractivity contribution in [3.05, 3.63) is 24.3 Å². The molecule has 0 spiro atoms. The van der Waals surface area contributed by atoms with Crippen LogP contribution >= 0.6 is 0 Å². The maximum atomic E-state index is 12.2. The Labute approximate surface area is 122 Å². The van der Waals surface area contributed by atoms with E-state index in [-0.39, 0.29) is 11.8 Å². The van der Waals surface area contributed by atoms with Gasteiger partial charge in [0.2, 0.25) is 11.8 Å². The van der Waals surface area contributed by atoms with Crippen LogP contribution in [0.1, 0.15) is 20.8 Å². The summed E-state index contributed by atoms with van der Waals surface area (Å²) in [6.07, 6.45) is 0. The highest BCUT2D eigenvalue weighted by atomic mass is 16.4. The van der Waals surface area contributed by atoms with Crippen LogP contribution in [0.15, 0.2) is 24.3 Å². The Morgan fingerprint density at radius 1 is 1.10 bits per heavy atom. The average Bonchev–Trinajstić information content (AvgIpc) is 2.92. The monoisotopic (exact) mass is 290 g/mol. The molecule has 2 atom stereocenters. The van der Waals surface area contributed by atoms with Crippen molar-refractivity contribution in [1.29, 1.82) is 0 Å². The number of aliphatic carboxylic acids is 1. The van der Waals surface area contributed by atoms with E-state index in [9.17, 15) is 14.4 Å². The third-order valence-electron chi connectivity index (χ3n) is 3.83. The maximum absolute atomic E-state index is 12.2. The van der Waals surface area contributed by atoms with E-state index in [1.807, 2.05) is 0 Å². The van der Waals surface area contributed by atoms with Gasteiger partial charge < -0.3 is 15.7 Å². The first-order valence-corrected chi connectivity index (χ1v) is 6.65. The molecule has 1 aromatic rings. The smallest absolute Gasteiger partial charge is 0.307 e. The number of amides is 2. The number of nitrogens with one attached hydrogen (secondary N) is 2. The summed E-state index contributed by atoms with van der Waals surface area (Å²) in [5.74, 6) is -2.66. The number of carbonyl (C=O) groups is 3. The first-order valence-electron chi connectivity index (χ1n) is 6.65. The van der Waals surface area contributed by atoms with Crippen LogP contribution in [0.4, 0.5) is 11.4 Å². The lowest BCUT2D eigenvalue weighted by molar-refractivity contribution is -0.140. The Bertz CT molecular complexity index is 609. The van der Waals surface area contributed by atoms with Crippen LogP contribution in [-0.2, 0) is 14.4 Å². The molecule has 0 bridgehead atoms. The van der Waals surface area contributed by atoms with Crippen LogP contribution in [0.2, 0.25) is 0 Å². The molecule has 2 rings (SSSR count). The molecule has 1 fully saturated rings. The van der Waals surface area contributed by atoms with Crippen molar-refractivity contribution in [3.63, 3.8) is 0 Å². The SMILES string of the molecule is CC(=O)Nc1cccc(NC(=O)[C@H]2[C@H](C(=O)O)C2(C)C)c1. The molecule has 0 unspecified atom stereocenters. The summed E-state index contributed by atoms with van der Waals surface area (Å²) in [6, 6.07) is 6.73. The van der Waals surface area contributed by atoms with Crippen molar-refractivity contribution in [2.24, 2.45) is 17.3 Å². The lowest BCUT2D eigenvalue weighted by atomic mass is 10.1. The van der Waals surface area contributed by atoms with Crippen LogP contribution in [0, 0.1) is 17.3 Å². The molecule has 2 amide bonds. The fraction of sp³-hybridized carbons (Fsp3) is 0.400. The van der Waals surface area contributed by atoms with Crippen molar-refractivity contribution < 1.29 is 19.5 Å². The van der Waals surface area contributed by atoms with Crippen LogP contribution in [0.25, 0.3) is 0 Å². The van der Waals surface area contributed by atoms with Gasteiger partial charge in [-0.1, -0.05) is 19.9 Å². The highest BCUT2D eigenvalue weighted by Gasteiger charge is 2.65. The predicted octanol–water partition coefficient (Wildman–Crippen LogP) is 1.94. The first-order chi connectivity index (χ1) is 9.73. The molecule has 1 aliphatic carbocycles. The Hall–Kier alpha value is -2.37. The van der Waals surface area contributed by atoms with Crippen LogP contribution in [0.5, 0.6) is 0 Å². The summed E-state index contributed by atoms with van der Waals surface area (Å²) < 4.78 is 0. The van der Waals surface area contributed by atoms with E-state index in [4.69, 9.17) is 5.11 Å². The van der Waals surface area contributed by atoms with Gasteiger partial charge in [-0.05, 0) is 23.6 Å². The van der Waals surface area contributed by atoms with Gasteiger partial charge in [0.15, 0.2) is 0 Å². The Balaban J connectivity index is 2.07. The van der Waals surface area contributed by atoms with E-state index in [0.29, 0.717) is 11.4 Å². The minimum absolute atomic E-state index is 0.201. The van der Waals surface area contributed by atoms with E-state index in [1.54, 1.807) is 38.1 Å². The van der Waals surface area contributed by atoms with E-state index in [1.165, 1.54) is 6.92 Å². The number of hydrogen-bond acceptors (Lipinski definition) is 3. The molecule has 0 saturated heterocycles. The minimum atomic E-state index is -0.952. The summed E-state index contributed by atoms with van der Waals surface area (Å²) >= 11 is 0. The Morgan fingerprint density at radius 2 is 1.67 bits per heavy atom. The summed E-state index contributed by atoms with van der Waals surface area (Å²) in [6.45, 7) is 4.93. The van der Waals surface area contributed by atoms with Gasteiger partial charge in [-0.2, -0.15) is 0 Å². The van der Waals surface area contributed by atoms with E-state index >= 15 is 0 Å². The van der Waals surface area contributed by atoms with Gasteiger partial charge in [-0.15, -0.1) is 0 Å². The third kappa shape index (κ3) is 3.04. The van der Waals surface area contributed by atoms with Crippen LogP contribution < -0.4 is 10.6 Å². The third-order valence-corrected chi connectivity index (χ3v) is 3.83. The molecule has 1 aromatic carbocycles. The number of rotatable bonds is 4. The van der Waals surface area contributed by atoms with Crippen molar-refractivity contribution >= 4 is 29.2 Å². The van der Waals surface area contributed by atoms with E-state index in [0.717, 1.165) is 0 Å². The van der Waals surface area contributed by atoms with Crippen LogP contribution in [-0.4, -0.2) is 22.9 Å². The van der Waals surface area contributed by atoms with E-state index in [2.05, 4.69) is 10.6 Å². The number of carbonyl (C=O) groups excluding carboxylic acids is 2. The number of anilines is 2. The largest absolute Gasteiger partial charge is 0.481 e. The fourth-order valence-corrected chi connectivity index (χ4v) is 2.69. The number of hydrogen-bond donors (Lipinski definition) is 3. The average molecular weight is 290 g/mol. The van der Waals surface area contributed by atoms with Crippen LogP contribution in [0.3, 0.4) is 0 Å².